The molecule has 1 aromatic heterocycles. The molecule has 1 aliphatic carbocycles. The number of amides is 1. The van der Waals surface area contributed by atoms with Crippen molar-refractivity contribution < 1.29 is 4.79 Å². The fraction of sp³-hybridized carbons (Fsp3) is 0.522. The van der Waals surface area contributed by atoms with Gasteiger partial charge in [-0.3, -0.25) is 4.79 Å². The van der Waals surface area contributed by atoms with E-state index in [0.29, 0.717) is 12.6 Å². The smallest absolute Gasteiger partial charge is 0.225 e. The van der Waals surface area contributed by atoms with Gasteiger partial charge in [0.1, 0.15) is 0 Å². The van der Waals surface area contributed by atoms with E-state index in [1.807, 2.05) is 12.4 Å². The zero-order valence-electron chi connectivity index (χ0n) is 16.7. The van der Waals surface area contributed by atoms with Gasteiger partial charge >= 0.3 is 0 Å². The molecule has 28 heavy (non-hydrogen) atoms. The second kappa shape index (κ2) is 8.72. The molecule has 1 saturated heterocycles. The minimum atomic E-state index is 0.0380. The van der Waals surface area contributed by atoms with Crippen LogP contribution in [-0.2, 0) is 4.79 Å². The SMILES string of the molecule is Cc1ccc(-c2cnc(N3CCC[C@@H](C(=O)NC4CCCCC4)C3)nc2)cc1. The van der Waals surface area contributed by atoms with E-state index < -0.39 is 0 Å². The molecular formula is C23H30N4O. The van der Waals surface area contributed by atoms with Gasteiger partial charge in [0, 0.05) is 37.1 Å². The van der Waals surface area contributed by atoms with Crippen molar-refractivity contribution in [3.8, 4) is 11.1 Å². The summed E-state index contributed by atoms with van der Waals surface area (Å²) in [5.41, 5.74) is 3.39. The molecule has 2 aromatic rings. The molecule has 1 aromatic carbocycles. The fourth-order valence-electron chi connectivity index (χ4n) is 4.32. The molecule has 1 atom stereocenters. The largest absolute Gasteiger partial charge is 0.353 e. The minimum Gasteiger partial charge on any atom is -0.353 e. The standard InChI is InChI=1S/C23H30N4O/c1-17-9-11-18(12-10-17)20-14-24-23(25-15-20)27-13-5-6-19(16-27)22(28)26-21-7-3-2-4-8-21/h9-12,14-15,19,21H,2-8,13,16H2,1H3,(H,26,28)/t19-/m1/s1. The van der Waals surface area contributed by atoms with Gasteiger partial charge in [0.15, 0.2) is 0 Å². The Morgan fingerprint density at radius 2 is 1.68 bits per heavy atom. The van der Waals surface area contributed by atoms with E-state index in [2.05, 4.69) is 51.4 Å². The Labute approximate surface area is 167 Å². The Morgan fingerprint density at radius 1 is 0.964 bits per heavy atom. The highest BCUT2D eigenvalue weighted by Crippen LogP contribution is 2.24. The van der Waals surface area contributed by atoms with E-state index in [9.17, 15) is 4.79 Å². The molecule has 2 fully saturated rings. The topological polar surface area (TPSA) is 58.1 Å². The number of carbonyl (C=O) groups is 1. The summed E-state index contributed by atoms with van der Waals surface area (Å²) in [5.74, 6) is 0.981. The quantitative estimate of drug-likeness (QED) is 0.870. The molecule has 5 heteroatoms. The molecule has 0 radical (unpaired) electrons. The lowest BCUT2D eigenvalue weighted by Gasteiger charge is -2.33. The molecule has 0 bridgehead atoms. The number of aromatic nitrogens is 2. The fourth-order valence-corrected chi connectivity index (χ4v) is 4.32. The Hall–Kier alpha value is -2.43. The third-order valence-corrected chi connectivity index (χ3v) is 6.05. The maximum Gasteiger partial charge on any atom is 0.225 e. The molecule has 1 amide bonds. The summed E-state index contributed by atoms with van der Waals surface area (Å²) >= 11 is 0. The van der Waals surface area contributed by atoms with Gasteiger partial charge in [-0.15, -0.1) is 0 Å². The highest BCUT2D eigenvalue weighted by molar-refractivity contribution is 5.79. The van der Waals surface area contributed by atoms with Crippen molar-refractivity contribution in [1.29, 1.82) is 0 Å². The average Bonchev–Trinajstić information content (AvgIpc) is 2.75. The van der Waals surface area contributed by atoms with Crippen molar-refractivity contribution in [2.75, 3.05) is 18.0 Å². The first-order valence-electron chi connectivity index (χ1n) is 10.6. The van der Waals surface area contributed by atoms with Crippen LogP contribution in [0, 0.1) is 12.8 Å². The van der Waals surface area contributed by atoms with Crippen molar-refractivity contribution in [1.82, 2.24) is 15.3 Å². The van der Waals surface area contributed by atoms with E-state index in [4.69, 9.17) is 0 Å². The molecule has 1 saturated carbocycles. The predicted molar refractivity (Wildman–Crippen MR) is 112 cm³/mol. The van der Waals surface area contributed by atoms with Gasteiger partial charge in [-0.1, -0.05) is 49.1 Å². The molecule has 2 aliphatic rings. The van der Waals surface area contributed by atoms with Crippen LogP contribution in [0.2, 0.25) is 0 Å². The first-order chi connectivity index (χ1) is 13.7. The highest BCUT2D eigenvalue weighted by atomic mass is 16.2. The second-order valence-corrected chi connectivity index (χ2v) is 8.27. The molecule has 0 spiro atoms. The van der Waals surface area contributed by atoms with Crippen molar-refractivity contribution >= 4 is 11.9 Å². The third-order valence-electron chi connectivity index (χ3n) is 6.05. The van der Waals surface area contributed by atoms with Gasteiger partial charge in [0.05, 0.1) is 5.92 Å². The van der Waals surface area contributed by atoms with Crippen LogP contribution < -0.4 is 10.2 Å². The van der Waals surface area contributed by atoms with Crippen LogP contribution in [0.1, 0.15) is 50.5 Å². The van der Waals surface area contributed by atoms with Crippen LogP contribution in [0.4, 0.5) is 5.95 Å². The summed E-state index contributed by atoms with van der Waals surface area (Å²) in [6.45, 7) is 3.71. The summed E-state index contributed by atoms with van der Waals surface area (Å²) in [7, 11) is 0. The number of nitrogens with zero attached hydrogens (tertiary/aromatic N) is 3. The molecule has 148 valence electrons. The number of hydrogen-bond donors (Lipinski definition) is 1. The molecule has 0 unspecified atom stereocenters. The van der Waals surface area contributed by atoms with E-state index in [1.54, 1.807) is 0 Å². The number of carbonyl (C=O) groups excluding carboxylic acids is 1. The van der Waals surface area contributed by atoms with Gasteiger partial charge in [-0.2, -0.15) is 0 Å². The summed E-state index contributed by atoms with van der Waals surface area (Å²) in [6, 6.07) is 8.77. The van der Waals surface area contributed by atoms with Crippen LogP contribution in [0.15, 0.2) is 36.7 Å². The number of benzene rings is 1. The lowest BCUT2D eigenvalue weighted by molar-refractivity contribution is -0.126. The van der Waals surface area contributed by atoms with Gasteiger partial charge in [-0.25, -0.2) is 9.97 Å². The Kier molecular flexibility index (Phi) is 5.89. The highest BCUT2D eigenvalue weighted by Gasteiger charge is 2.28. The zero-order valence-corrected chi connectivity index (χ0v) is 16.7. The number of nitrogens with one attached hydrogen (secondary N) is 1. The van der Waals surface area contributed by atoms with Gasteiger partial charge in [0.2, 0.25) is 11.9 Å². The van der Waals surface area contributed by atoms with E-state index in [-0.39, 0.29) is 11.8 Å². The van der Waals surface area contributed by atoms with Crippen LogP contribution >= 0.6 is 0 Å². The number of rotatable bonds is 4. The molecule has 2 heterocycles. The van der Waals surface area contributed by atoms with E-state index >= 15 is 0 Å². The number of anilines is 1. The third kappa shape index (κ3) is 4.51. The Morgan fingerprint density at radius 3 is 2.39 bits per heavy atom. The lowest BCUT2D eigenvalue weighted by Crippen LogP contribution is -2.46. The van der Waals surface area contributed by atoms with Crippen molar-refractivity contribution in [2.24, 2.45) is 5.92 Å². The zero-order chi connectivity index (χ0) is 19.3. The normalized spacial score (nSPS) is 20.8. The Balaban J connectivity index is 1.38. The maximum absolute atomic E-state index is 12.7. The second-order valence-electron chi connectivity index (χ2n) is 8.27. The molecular weight excluding hydrogens is 348 g/mol. The van der Waals surface area contributed by atoms with Gasteiger partial charge in [0.25, 0.3) is 0 Å². The predicted octanol–water partition coefficient (Wildman–Crippen LogP) is 4.12. The summed E-state index contributed by atoms with van der Waals surface area (Å²) in [6.07, 6.45) is 11.8. The van der Waals surface area contributed by atoms with Crippen LogP contribution in [0.5, 0.6) is 0 Å². The number of aryl methyl sites for hydroxylation is 1. The first kappa shape index (κ1) is 18.9. The van der Waals surface area contributed by atoms with Gasteiger partial charge in [-0.05, 0) is 38.2 Å². The van der Waals surface area contributed by atoms with Crippen LogP contribution in [0.3, 0.4) is 0 Å². The summed E-state index contributed by atoms with van der Waals surface area (Å²) in [4.78, 5) is 24.1. The van der Waals surface area contributed by atoms with Crippen molar-refractivity contribution in [2.45, 2.75) is 57.9 Å². The molecule has 1 N–H and O–H groups in total. The minimum absolute atomic E-state index is 0.0380. The summed E-state index contributed by atoms with van der Waals surface area (Å²) in [5, 5.41) is 3.29. The summed E-state index contributed by atoms with van der Waals surface area (Å²) < 4.78 is 0. The van der Waals surface area contributed by atoms with E-state index in [0.717, 1.165) is 49.3 Å². The van der Waals surface area contributed by atoms with Crippen molar-refractivity contribution in [3.05, 3.63) is 42.2 Å². The maximum atomic E-state index is 12.7. The van der Waals surface area contributed by atoms with Crippen molar-refractivity contribution in [3.63, 3.8) is 0 Å². The Bertz CT molecular complexity index is 781. The first-order valence-corrected chi connectivity index (χ1v) is 10.6. The van der Waals surface area contributed by atoms with Crippen LogP contribution in [-0.4, -0.2) is 35.0 Å². The lowest BCUT2D eigenvalue weighted by atomic mass is 9.93. The number of hydrogen-bond acceptors (Lipinski definition) is 4. The molecule has 5 nitrogen and oxygen atoms in total. The van der Waals surface area contributed by atoms with Gasteiger partial charge < -0.3 is 10.2 Å². The monoisotopic (exact) mass is 378 g/mol. The average molecular weight is 379 g/mol. The number of piperidine rings is 1. The van der Waals surface area contributed by atoms with Crippen LogP contribution in [0.25, 0.3) is 11.1 Å². The molecule has 4 rings (SSSR count). The molecule has 1 aliphatic heterocycles. The van der Waals surface area contributed by atoms with E-state index in [1.165, 1.54) is 24.8 Å².